The van der Waals surface area contributed by atoms with E-state index in [0.29, 0.717) is 0 Å². The van der Waals surface area contributed by atoms with E-state index in [1.165, 1.54) is 27.9 Å². The Morgan fingerprint density at radius 2 is 1.14 bits per heavy atom. The minimum atomic E-state index is -1.82. The molecule has 150 valence electrons. The lowest BCUT2D eigenvalue weighted by atomic mass is 10.1. The van der Waals surface area contributed by atoms with Gasteiger partial charge in [0, 0.05) is 18.8 Å². The second kappa shape index (κ2) is 10.7. The molecule has 0 saturated carbocycles. The first-order chi connectivity index (χ1) is 13.9. The van der Waals surface area contributed by atoms with Crippen LogP contribution in [0.3, 0.4) is 0 Å². The fourth-order valence-electron chi connectivity index (χ4n) is 2.91. The average Bonchev–Trinajstić information content (AvgIpc) is 2.71. The average molecular weight is 391 g/mol. The van der Waals surface area contributed by atoms with Gasteiger partial charge in [-0.1, -0.05) is 72.8 Å². The predicted molar refractivity (Wildman–Crippen MR) is 114 cm³/mol. The molecule has 0 radical (unpaired) electrons. The van der Waals surface area contributed by atoms with E-state index in [-0.39, 0.29) is 0 Å². The van der Waals surface area contributed by atoms with Crippen LogP contribution in [0.1, 0.15) is 22.3 Å². The van der Waals surface area contributed by atoms with Crippen molar-refractivity contribution in [1.82, 2.24) is 0 Å². The molecule has 3 aromatic rings. The molecule has 0 unspecified atom stereocenters. The number of hydrogen-bond acceptors (Lipinski definition) is 3. The Morgan fingerprint density at radius 1 is 0.690 bits per heavy atom. The number of hydrogen-bond donors (Lipinski definition) is 2. The number of carbonyl (C=O) groups is 2. The molecule has 3 rings (SSSR count). The van der Waals surface area contributed by atoms with Crippen LogP contribution in [-0.2, 0) is 22.7 Å². The topological polar surface area (TPSA) is 77.8 Å². The molecule has 0 fully saturated rings. The summed E-state index contributed by atoms with van der Waals surface area (Å²) >= 11 is 0. The van der Waals surface area contributed by atoms with Crippen LogP contribution >= 0.6 is 0 Å². The molecule has 2 N–H and O–H groups in total. The fourth-order valence-corrected chi connectivity index (χ4v) is 2.91. The van der Waals surface area contributed by atoms with Crippen LogP contribution in [0, 0.1) is 13.8 Å². The minimum Gasteiger partial charge on any atom is -0.473 e. The molecule has 0 aliphatic rings. The van der Waals surface area contributed by atoms with E-state index in [4.69, 9.17) is 19.8 Å². The van der Waals surface area contributed by atoms with Crippen molar-refractivity contribution in [3.05, 3.63) is 101 Å². The van der Waals surface area contributed by atoms with E-state index in [1.807, 2.05) is 0 Å². The summed E-state index contributed by atoms with van der Waals surface area (Å²) in [6, 6.07) is 27.9. The van der Waals surface area contributed by atoms with Crippen molar-refractivity contribution in [3.8, 4) is 0 Å². The highest BCUT2D eigenvalue weighted by atomic mass is 16.4. The van der Waals surface area contributed by atoms with Gasteiger partial charge in [0.05, 0.1) is 0 Å². The van der Waals surface area contributed by atoms with Gasteiger partial charge in [0.15, 0.2) is 0 Å². The quantitative estimate of drug-likeness (QED) is 0.618. The second-order valence-electron chi connectivity index (χ2n) is 6.66. The molecule has 5 heteroatoms. The van der Waals surface area contributed by atoms with E-state index < -0.39 is 11.9 Å². The zero-order chi connectivity index (χ0) is 21.2. The molecule has 3 aromatic carbocycles. The Bertz CT molecular complexity index is 886. The van der Waals surface area contributed by atoms with Gasteiger partial charge in [0.2, 0.25) is 0 Å². The van der Waals surface area contributed by atoms with Gasteiger partial charge < -0.3 is 15.1 Å². The molecule has 0 atom stereocenters. The highest BCUT2D eigenvalue weighted by Gasteiger charge is 2.12. The van der Waals surface area contributed by atoms with Gasteiger partial charge >= 0.3 is 11.9 Å². The molecule has 0 aliphatic carbocycles. The Labute approximate surface area is 170 Å². The lowest BCUT2D eigenvalue weighted by molar-refractivity contribution is -0.159. The molecule has 29 heavy (non-hydrogen) atoms. The Morgan fingerprint density at radius 3 is 1.55 bits per heavy atom. The van der Waals surface area contributed by atoms with Crippen molar-refractivity contribution >= 4 is 17.6 Å². The van der Waals surface area contributed by atoms with Gasteiger partial charge in [0.25, 0.3) is 0 Å². The third-order valence-electron chi connectivity index (χ3n) is 4.53. The van der Waals surface area contributed by atoms with Crippen molar-refractivity contribution in [2.75, 3.05) is 4.90 Å². The third kappa shape index (κ3) is 6.81. The summed E-state index contributed by atoms with van der Waals surface area (Å²) in [6.45, 7) is 6.23. The van der Waals surface area contributed by atoms with Crippen LogP contribution in [-0.4, -0.2) is 22.2 Å². The fraction of sp³-hybridized carbons (Fsp3) is 0.167. The normalized spacial score (nSPS) is 9.86. The van der Waals surface area contributed by atoms with Crippen molar-refractivity contribution in [2.24, 2.45) is 0 Å². The molecular formula is C24H25NO4. The monoisotopic (exact) mass is 391 g/mol. The first kappa shape index (κ1) is 21.7. The zero-order valence-electron chi connectivity index (χ0n) is 16.6. The van der Waals surface area contributed by atoms with Gasteiger partial charge in [-0.15, -0.1) is 0 Å². The number of anilines is 1. The molecule has 0 aliphatic heterocycles. The SMILES string of the molecule is Cc1cccc(N(Cc2ccccc2)Cc2ccccc2)c1C.O=C(O)C(=O)O. The summed E-state index contributed by atoms with van der Waals surface area (Å²) in [4.78, 5) is 20.7. The van der Waals surface area contributed by atoms with Gasteiger partial charge in [-0.3, -0.25) is 0 Å². The maximum atomic E-state index is 9.10. The van der Waals surface area contributed by atoms with Crippen LogP contribution in [0.5, 0.6) is 0 Å². The summed E-state index contributed by atoms with van der Waals surface area (Å²) in [7, 11) is 0. The smallest absolute Gasteiger partial charge is 0.414 e. The minimum absolute atomic E-state index is 0.917. The molecule has 0 amide bonds. The van der Waals surface area contributed by atoms with Crippen LogP contribution in [0.15, 0.2) is 78.9 Å². The van der Waals surface area contributed by atoms with E-state index in [9.17, 15) is 0 Å². The van der Waals surface area contributed by atoms with Crippen molar-refractivity contribution < 1.29 is 19.8 Å². The Kier molecular flexibility index (Phi) is 7.98. The van der Waals surface area contributed by atoms with Crippen molar-refractivity contribution in [1.29, 1.82) is 0 Å². The molecule has 0 saturated heterocycles. The summed E-state index contributed by atoms with van der Waals surface area (Å²) in [5, 5.41) is 14.8. The van der Waals surface area contributed by atoms with Crippen LogP contribution in [0.2, 0.25) is 0 Å². The summed E-state index contributed by atoms with van der Waals surface area (Å²) in [5.41, 5.74) is 6.69. The van der Waals surface area contributed by atoms with Crippen molar-refractivity contribution in [2.45, 2.75) is 26.9 Å². The first-order valence-corrected chi connectivity index (χ1v) is 9.23. The lowest BCUT2D eigenvalue weighted by Gasteiger charge is -2.27. The van der Waals surface area contributed by atoms with Gasteiger partial charge in [0.1, 0.15) is 0 Å². The number of benzene rings is 3. The zero-order valence-corrected chi connectivity index (χ0v) is 16.6. The number of carboxylic acids is 2. The second-order valence-corrected chi connectivity index (χ2v) is 6.66. The maximum absolute atomic E-state index is 9.10. The highest BCUT2D eigenvalue weighted by molar-refractivity contribution is 6.27. The Balaban J connectivity index is 0.000000438. The van der Waals surface area contributed by atoms with Crippen LogP contribution < -0.4 is 4.90 Å². The number of aliphatic carboxylic acids is 2. The lowest BCUT2D eigenvalue weighted by Crippen LogP contribution is -2.23. The molecule has 0 bridgehead atoms. The molecule has 5 nitrogen and oxygen atoms in total. The molecule has 0 spiro atoms. The van der Waals surface area contributed by atoms with E-state index in [1.54, 1.807) is 0 Å². The first-order valence-electron chi connectivity index (χ1n) is 9.23. The largest absolute Gasteiger partial charge is 0.473 e. The number of nitrogens with zero attached hydrogens (tertiary/aromatic N) is 1. The summed E-state index contributed by atoms with van der Waals surface area (Å²) in [6.07, 6.45) is 0. The van der Waals surface area contributed by atoms with Gasteiger partial charge in [-0.05, 0) is 42.2 Å². The molecule has 0 aromatic heterocycles. The Hall–Kier alpha value is -3.60. The van der Waals surface area contributed by atoms with E-state index >= 15 is 0 Å². The number of rotatable bonds is 5. The molecular weight excluding hydrogens is 366 g/mol. The van der Waals surface area contributed by atoms with Crippen molar-refractivity contribution in [3.63, 3.8) is 0 Å². The molecule has 0 heterocycles. The van der Waals surface area contributed by atoms with Crippen LogP contribution in [0.25, 0.3) is 0 Å². The summed E-state index contributed by atoms with van der Waals surface area (Å²) < 4.78 is 0. The number of aryl methyl sites for hydroxylation is 1. The predicted octanol–water partition coefficient (Wildman–Crippen LogP) is 4.67. The maximum Gasteiger partial charge on any atom is 0.414 e. The van der Waals surface area contributed by atoms with Gasteiger partial charge in [-0.25, -0.2) is 9.59 Å². The van der Waals surface area contributed by atoms with Gasteiger partial charge in [-0.2, -0.15) is 0 Å². The summed E-state index contributed by atoms with van der Waals surface area (Å²) in [5.74, 6) is -3.65. The van der Waals surface area contributed by atoms with E-state index in [2.05, 4.69) is 97.6 Å². The number of carboxylic acid groups (broad SMARTS) is 2. The van der Waals surface area contributed by atoms with E-state index in [0.717, 1.165) is 13.1 Å². The standard InChI is InChI=1S/C22H23N.C2H2O4/c1-18-10-9-15-22(19(18)2)23(16-20-11-5-3-6-12-20)17-21-13-7-4-8-14-21;3-1(4)2(5)6/h3-15H,16-17H2,1-2H3;(H,3,4)(H,5,6). The third-order valence-corrected chi connectivity index (χ3v) is 4.53. The van der Waals surface area contributed by atoms with Crippen LogP contribution in [0.4, 0.5) is 5.69 Å². The highest BCUT2D eigenvalue weighted by Crippen LogP contribution is 2.26.